The highest BCUT2D eigenvalue weighted by Gasteiger charge is 2.27. The van der Waals surface area contributed by atoms with Crippen molar-refractivity contribution >= 4 is 11.6 Å². The van der Waals surface area contributed by atoms with E-state index in [1.807, 2.05) is 31.2 Å². The molecule has 0 unspecified atom stereocenters. The molecule has 1 aromatic rings. The van der Waals surface area contributed by atoms with Crippen LogP contribution < -0.4 is 5.32 Å². The van der Waals surface area contributed by atoms with Gasteiger partial charge < -0.3 is 15.2 Å². The summed E-state index contributed by atoms with van der Waals surface area (Å²) in [6.45, 7) is 7.57. The Morgan fingerprint density at radius 2 is 1.96 bits per heavy atom. The number of hydrogen-bond donors (Lipinski definition) is 2. The van der Waals surface area contributed by atoms with Gasteiger partial charge in [-0.25, -0.2) is 0 Å². The van der Waals surface area contributed by atoms with Gasteiger partial charge in [0, 0.05) is 17.6 Å². The van der Waals surface area contributed by atoms with Crippen molar-refractivity contribution in [3.05, 3.63) is 34.9 Å². The molecular formula is C19H30ClNO2. The number of aliphatic hydroxyl groups is 1. The third-order valence-corrected chi connectivity index (χ3v) is 5.45. The van der Waals surface area contributed by atoms with E-state index in [9.17, 15) is 5.11 Å². The Labute approximate surface area is 145 Å². The van der Waals surface area contributed by atoms with E-state index in [4.69, 9.17) is 16.3 Å². The van der Waals surface area contributed by atoms with Crippen molar-refractivity contribution in [1.29, 1.82) is 0 Å². The minimum Gasteiger partial charge on any atom is -0.389 e. The predicted molar refractivity (Wildman–Crippen MR) is 95.8 cm³/mol. The number of halogens is 1. The lowest BCUT2D eigenvalue weighted by Crippen LogP contribution is -2.44. The van der Waals surface area contributed by atoms with Crippen LogP contribution in [0.3, 0.4) is 0 Å². The molecule has 0 heterocycles. The first-order valence-electron chi connectivity index (χ1n) is 8.76. The molecule has 0 amide bonds. The number of hydrogen-bond acceptors (Lipinski definition) is 3. The van der Waals surface area contributed by atoms with Crippen LogP contribution in [-0.4, -0.2) is 30.4 Å². The molecule has 1 aromatic carbocycles. The molecule has 0 radical (unpaired) electrons. The number of ether oxygens (including phenoxy) is 1. The van der Waals surface area contributed by atoms with Crippen molar-refractivity contribution in [2.45, 2.75) is 58.3 Å². The SMILES string of the molecule is C[C@H]1[C@@H](NC[C@H](O)CO[C@@H](C)c2ccc(Cl)cc2)CCC[C@@H]1C. The van der Waals surface area contributed by atoms with Crippen LogP contribution in [-0.2, 0) is 4.74 Å². The van der Waals surface area contributed by atoms with Crippen LogP contribution in [0.1, 0.15) is 51.7 Å². The fraction of sp³-hybridized carbons (Fsp3) is 0.684. The molecule has 1 fully saturated rings. The minimum absolute atomic E-state index is 0.0458. The molecule has 0 aromatic heterocycles. The Morgan fingerprint density at radius 3 is 2.65 bits per heavy atom. The average molecular weight is 340 g/mol. The lowest BCUT2D eigenvalue weighted by atomic mass is 9.78. The highest BCUT2D eigenvalue weighted by atomic mass is 35.5. The van der Waals surface area contributed by atoms with Gasteiger partial charge in [-0.2, -0.15) is 0 Å². The maximum Gasteiger partial charge on any atom is 0.0898 e. The second-order valence-electron chi connectivity index (χ2n) is 6.96. The first-order valence-corrected chi connectivity index (χ1v) is 9.13. The standard InChI is InChI=1S/C19H30ClNO2/c1-13-5-4-6-19(14(13)2)21-11-18(22)12-23-15(3)16-7-9-17(20)10-8-16/h7-10,13-15,18-19,21-22H,4-6,11-12H2,1-3H3/t13-,14+,15-,18-,19-/m0/s1. The molecule has 23 heavy (non-hydrogen) atoms. The molecule has 1 aliphatic rings. The van der Waals surface area contributed by atoms with Gasteiger partial charge in [0.15, 0.2) is 0 Å². The molecule has 1 aliphatic carbocycles. The van der Waals surface area contributed by atoms with E-state index in [1.165, 1.54) is 19.3 Å². The summed E-state index contributed by atoms with van der Waals surface area (Å²) in [6.07, 6.45) is 3.29. The number of aliphatic hydroxyl groups excluding tert-OH is 1. The van der Waals surface area contributed by atoms with Crippen molar-refractivity contribution in [2.24, 2.45) is 11.8 Å². The molecule has 0 bridgehead atoms. The molecule has 130 valence electrons. The molecule has 0 spiro atoms. The predicted octanol–water partition coefficient (Wildman–Crippen LogP) is 4.19. The Bertz CT molecular complexity index is 465. The zero-order valence-electron chi connectivity index (χ0n) is 14.5. The quantitative estimate of drug-likeness (QED) is 0.782. The second-order valence-corrected chi connectivity index (χ2v) is 7.40. The fourth-order valence-electron chi connectivity index (χ4n) is 3.30. The average Bonchev–Trinajstić information content (AvgIpc) is 2.54. The molecule has 3 nitrogen and oxygen atoms in total. The van der Waals surface area contributed by atoms with E-state index in [0.717, 1.165) is 16.5 Å². The fourth-order valence-corrected chi connectivity index (χ4v) is 3.43. The smallest absolute Gasteiger partial charge is 0.0898 e. The Hall–Kier alpha value is -0.610. The van der Waals surface area contributed by atoms with E-state index < -0.39 is 6.10 Å². The van der Waals surface area contributed by atoms with E-state index in [2.05, 4.69) is 19.2 Å². The van der Waals surface area contributed by atoms with Gasteiger partial charge in [-0.05, 0) is 42.9 Å². The molecule has 4 heteroatoms. The van der Waals surface area contributed by atoms with Gasteiger partial charge in [-0.15, -0.1) is 0 Å². The molecule has 0 aliphatic heterocycles. The van der Waals surface area contributed by atoms with Crippen molar-refractivity contribution in [2.75, 3.05) is 13.2 Å². The highest BCUT2D eigenvalue weighted by molar-refractivity contribution is 6.30. The van der Waals surface area contributed by atoms with Crippen LogP contribution in [0, 0.1) is 11.8 Å². The second kappa shape index (κ2) is 9.03. The van der Waals surface area contributed by atoms with Crippen molar-refractivity contribution in [1.82, 2.24) is 5.32 Å². The number of rotatable bonds is 7. The first kappa shape index (κ1) is 18.7. The monoisotopic (exact) mass is 339 g/mol. The van der Waals surface area contributed by atoms with Crippen molar-refractivity contribution in [3.63, 3.8) is 0 Å². The number of benzene rings is 1. The highest BCUT2D eigenvalue weighted by Crippen LogP contribution is 2.29. The Morgan fingerprint density at radius 1 is 1.26 bits per heavy atom. The molecule has 2 N–H and O–H groups in total. The summed E-state index contributed by atoms with van der Waals surface area (Å²) in [5, 5.41) is 14.4. The van der Waals surface area contributed by atoms with E-state index in [1.54, 1.807) is 0 Å². The maximum absolute atomic E-state index is 10.2. The van der Waals surface area contributed by atoms with Gasteiger partial charge in [0.1, 0.15) is 0 Å². The van der Waals surface area contributed by atoms with Gasteiger partial charge >= 0.3 is 0 Å². The normalized spacial score (nSPS) is 27.6. The van der Waals surface area contributed by atoms with E-state index in [-0.39, 0.29) is 6.10 Å². The van der Waals surface area contributed by atoms with Crippen molar-refractivity contribution < 1.29 is 9.84 Å². The molecule has 5 atom stereocenters. The summed E-state index contributed by atoms with van der Waals surface area (Å²) >= 11 is 5.89. The van der Waals surface area contributed by atoms with Crippen LogP contribution in [0.25, 0.3) is 0 Å². The lowest BCUT2D eigenvalue weighted by Gasteiger charge is -2.35. The summed E-state index contributed by atoms with van der Waals surface area (Å²) in [5.41, 5.74) is 1.07. The Kier molecular flexibility index (Phi) is 7.35. The largest absolute Gasteiger partial charge is 0.389 e. The summed E-state index contributed by atoms with van der Waals surface area (Å²) < 4.78 is 5.78. The third kappa shape index (κ3) is 5.75. The maximum atomic E-state index is 10.2. The van der Waals surface area contributed by atoms with E-state index >= 15 is 0 Å². The summed E-state index contributed by atoms with van der Waals surface area (Å²) in [7, 11) is 0. The topological polar surface area (TPSA) is 41.5 Å². The first-order chi connectivity index (χ1) is 11.0. The van der Waals surface area contributed by atoms with Gasteiger partial charge in [0.05, 0.1) is 18.8 Å². The zero-order valence-corrected chi connectivity index (χ0v) is 15.2. The molecule has 1 saturated carbocycles. The van der Waals surface area contributed by atoms with Crippen LogP contribution in [0.5, 0.6) is 0 Å². The summed E-state index contributed by atoms with van der Waals surface area (Å²) in [6, 6.07) is 8.16. The molecule has 0 saturated heterocycles. The summed E-state index contributed by atoms with van der Waals surface area (Å²) in [4.78, 5) is 0. The molecular weight excluding hydrogens is 310 g/mol. The van der Waals surface area contributed by atoms with Crippen LogP contribution in [0.2, 0.25) is 5.02 Å². The Balaban J connectivity index is 1.70. The van der Waals surface area contributed by atoms with Crippen molar-refractivity contribution in [3.8, 4) is 0 Å². The lowest BCUT2D eigenvalue weighted by molar-refractivity contribution is -0.00441. The number of nitrogens with one attached hydrogen (secondary N) is 1. The van der Waals surface area contributed by atoms with Gasteiger partial charge in [-0.1, -0.05) is 50.4 Å². The van der Waals surface area contributed by atoms with Crippen LogP contribution in [0.4, 0.5) is 0 Å². The van der Waals surface area contributed by atoms with Crippen LogP contribution in [0.15, 0.2) is 24.3 Å². The minimum atomic E-state index is -0.478. The van der Waals surface area contributed by atoms with Crippen LogP contribution >= 0.6 is 11.6 Å². The van der Waals surface area contributed by atoms with E-state index in [0.29, 0.717) is 25.1 Å². The summed E-state index contributed by atoms with van der Waals surface area (Å²) in [5.74, 6) is 1.43. The van der Waals surface area contributed by atoms with Gasteiger partial charge in [0.2, 0.25) is 0 Å². The third-order valence-electron chi connectivity index (χ3n) is 5.20. The van der Waals surface area contributed by atoms with Gasteiger partial charge in [0.25, 0.3) is 0 Å². The molecule has 2 rings (SSSR count). The zero-order chi connectivity index (χ0) is 16.8. The van der Waals surface area contributed by atoms with Gasteiger partial charge in [-0.3, -0.25) is 0 Å².